The molecule has 1 aliphatic heterocycles. The van der Waals surface area contributed by atoms with Crippen molar-refractivity contribution in [1.82, 2.24) is 4.90 Å². The van der Waals surface area contributed by atoms with E-state index in [2.05, 4.69) is 52.2 Å². The second-order valence-electron chi connectivity index (χ2n) is 4.77. The number of thiophene rings is 1. The number of hydrogen-bond donors (Lipinski definition) is 1. The van der Waals surface area contributed by atoms with Crippen molar-refractivity contribution in [2.75, 3.05) is 13.1 Å². The van der Waals surface area contributed by atoms with Gasteiger partial charge in [-0.15, -0.1) is 11.3 Å². The third kappa shape index (κ3) is 3.19. The highest BCUT2D eigenvalue weighted by molar-refractivity contribution is 9.10. The molecule has 0 aliphatic carbocycles. The molecule has 1 aromatic rings. The Morgan fingerprint density at radius 3 is 2.76 bits per heavy atom. The second kappa shape index (κ2) is 5.65. The van der Waals surface area contributed by atoms with Crippen molar-refractivity contribution in [2.45, 2.75) is 32.4 Å². The largest absolute Gasteiger partial charge is 0.326 e. The summed E-state index contributed by atoms with van der Waals surface area (Å²) < 4.78 is 1.16. The Balaban J connectivity index is 2.18. The van der Waals surface area contributed by atoms with Crippen molar-refractivity contribution in [1.29, 1.82) is 0 Å². The molecule has 0 saturated carbocycles. The molecule has 2 atom stereocenters. The van der Waals surface area contributed by atoms with E-state index in [4.69, 9.17) is 5.73 Å². The maximum absolute atomic E-state index is 6.17. The number of halogens is 1. The zero-order valence-corrected chi connectivity index (χ0v) is 12.7. The van der Waals surface area contributed by atoms with Gasteiger partial charge < -0.3 is 5.73 Å². The van der Waals surface area contributed by atoms with E-state index in [-0.39, 0.29) is 6.04 Å². The highest BCUT2D eigenvalue weighted by atomic mass is 79.9. The molecule has 2 N–H and O–H groups in total. The summed E-state index contributed by atoms with van der Waals surface area (Å²) >= 11 is 5.31. The predicted octanol–water partition coefficient (Wildman–Crippen LogP) is 3.55. The van der Waals surface area contributed by atoms with Crippen LogP contribution in [0, 0.1) is 0 Å². The van der Waals surface area contributed by atoms with Crippen LogP contribution >= 0.6 is 27.3 Å². The molecule has 0 bridgehead atoms. The average Bonchev–Trinajstić information content (AvgIpc) is 2.68. The lowest BCUT2D eigenvalue weighted by atomic mass is 10.0. The van der Waals surface area contributed by atoms with Crippen molar-refractivity contribution >= 4 is 27.3 Å². The summed E-state index contributed by atoms with van der Waals surface area (Å²) in [6, 6.07) is 2.70. The van der Waals surface area contributed by atoms with Crippen molar-refractivity contribution in [3.05, 3.63) is 32.4 Å². The molecule has 0 amide bonds. The van der Waals surface area contributed by atoms with E-state index >= 15 is 0 Å². The molecule has 2 unspecified atom stereocenters. The first-order valence-corrected chi connectivity index (χ1v) is 7.64. The van der Waals surface area contributed by atoms with E-state index in [9.17, 15) is 0 Å². The minimum Gasteiger partial charge on any atom is -0.326 e. The quantitative estimate of drug-likeness (QED) is 0.864. The van der Waals surface area contributed by atoms with Gasteiger partial charge in [-0.05, 0) is 42.3 Å². The van der Waals surface area contributed by atoms with Crippen LogP contribution in [0.1, 0.15) is 31.2 Å². The summed E-state index contributed by atoms with van der Waals surface area (Å²) in [4.78, 5) is 3.84. The van der Waals surface area contributed by atoms with Crippen LogP contribution in [0.3, 0.4) is 0 Å². The van der Waals surface area contributed by atoms with Gasteiger partial charge in [0.05, 0.1) is 6.04 Å². The third-order valence-electron chi connectivity index (χ3n) is 3.24. The average molecular weight is 315 g/mol. The second-order valence-corrected chi connectivity index (χ2v) is 6.63. The lowest BCUT2D eigenvalue weighted by molar-refractivity contribution is 0.193. The summed E-state index contributed by atoms with van der Waals surface area (Å²) in [7, 11) is 0. The fourth-order valence-corrected chi connectivity index (χ4v) is 3.99. The molecule has 0 fully saturated rings. The van der Waals surface area contributed by atoms with Crippen molar-refractivity contribution in [3.63, 3.8) is 0 Å². The van der Waals surface area contributed by atoms with Gasteiger partial charge >= 0.3 is 0 Å². The molecule has 0 aromatic carbocycles. The Labute approximate surface area is 116 Å². The first kappa shape index (κ1) is 13.3. The summed E-state index contributed by atoms with van der Waals surface area (Å²) in [6.07, 6.45) is 3.48. The molecule has 0 spiro atoms. The molecule has 0 saturated heterocycles. The number of nitrogens with two attached hydrogens (primary N) is 1. The van der Waals surface area contributed by atoms with E-state index < -0.39 is 0 Å². The van der Waals surface area contributed by atoms with Gasteiger partial charge in [0.15, 0.2) is 0 Å². The normalized spacial score (nSPS) is 21.1. The number of hydrogen-bond acceptors (Lipinski definition) is 3. The van der Waals surface area contributed by atoms with Crippen molar-refractivity contribution in [3.8, 4) is 0 Å². The third-order valence-corrected chi connectivity index (χ3v) is 5.00. The molecule has 0 radical (unpaired) electrons. The Kier molecular flexibility index (Phi) is 4.42. The van der Waals surface area contributed by atoms with Crippen LogP contribution in [0.2, 0.25) is 0 Å². The van der Waals surface area contributed by atoms with Crippen LogP contribution in [0.15, 0.2) is 27.6 Å². The predicted molar refractivity (Wildman–Crippen MR) is 78.4 cm³/mol. The van der Waals surface area contributed by atoms with E-state index in [1.807, 2.05) is 0 Å². The van der Waals surface area contributed by atoms with Gasteiger partial charge in [-0.25, -0.2) is 0 Å². The fraction of sp³-hybridized carbons (Fsp3) is 0.538. The zero-order valence-electron chi connectivity index (χ0n) is 10.3. The molecule has 94 valence electrons. The summed E-state index contributed by atoms with van der Waals surface area (Å²) in [5.41, 5.74) is 7.67. The van der Waals surface area contributed by atoms with Crippen LogP contribution in [0.4, 0.5) is 0 Å². The molecule has 2 rings (SSSR count). The van der Waals surface area contributed by atoms with Gasteiger partial charge in [0.1, 0.15) is 0 Å². The van der Waals surface area contributed by atoms with Crippen LogP contribution in [-0.2, 0) is 0 Å². The lowest BCUT2D eigenvalue weighted by Gasteiger charge is -2.35. The minimum absolute atomic E-state index is 0.160. The van der Waals surface area contributed by atoms with E-state index in [0.717, 1.165) is 24.0 Å². The molecule has 2 heterocycles. The molecular weight excluding hydrogens is 296 g/mol. The smallest absolute Gasteiger partial charge is 0.0593 e. The summed E-state index contributed by atoms with van der Waals surface area (Å²) in [5, 5.41) is 2.13. The van der Waals surface area contributed by atoms with Gasteiger partial charge in [0.25, 0.3) is 0 Å². The highest BCUT2D eigenvalue weighted by Gasteiger charge is 2.26. The van der Waals surface area contributed by atoms with Gasteiger partial charge in [-0.1, -0.05) is 11.6 Å². The van der Waals surface area contributed by atoms with Crippen LogP contribution in [0.5, 0.6) is 0 Å². The molecule has 17 heavy (non-hydrogen) atoms. The van der Waals surface area contributed by atoms with E-state index in [1.54, 1.807) is 11.3 Å². The maximum atomic E-state index is 6.17. The zero-order chi connectivity index (χ0) is 12.4. The first-order chi connectivity index (χ1) is 8.08. The van der Waals surface area contributed by atoms with Crippen molar-refractivity contribution in [2.24, 2.45) is 5.73 Å². The molecule has 1 aromatic heterocycles. The minimum atomic E-state index is 0.160. The lowest BCUT2D eigenvalue weighted by Crippen LogP contribution is -2.41. The summed E-state index contributed by atoms with van der Waals surface area (Å²) in [5.74, 6) is 0. The molecule has 4 heteroatoms. The Morgan fingerprint density at radius 2 is 2.29 bits per heavy atom. The first-order valence-electron chi connectivity index (χ1n) is 5.97. The number of rotatable bonds is 3. The fourth-order valence-electron chi connectivity index (χ4n) is 2.29. The van der Waals surface area contributed by atoms with Gasteiger partial charge in [0, 0.05) is 33.9 Å². The van der Waals surface area contributed by atoms with Gasteiger partial charge in [-0.3, -0.25) is 4.90 Å². The van der Waals surface area contributed by atoms with Crippen LogP contribution in [0.25, 0.3) is 0 Å². The Hall–Kier alpha value is -0.160. The molecule has 2 nitrogen and oxygen atoms in total. The van der Waals surface area contributed by atoms with E-state index in [1.165, 1.54) is 10.5 Å². The standard InChI is InChI=1S/C13H19BrN2S/c1-9-3-5-16(6-4-9)13(10(2)15)12-7-11(14)8-17-12/h3,7-8,10,13H,4-6,15H2,1-2H3. The van der Waals surface area contributed by atoms with E-state index in [0.29, 0.717) is 6.04 Å². The summed E-state index contributed by atoms with van der Waals surface area (Å²) in [6.45, 7) is 6.45. The van der Waals surface area contributed by atoms with Crippen LogP contribution < -0.4 is 5.73 Å². The Morgan fingerprint density at radius 1 is 1.53 bits per heavy atom. The molecule has 1 aliphatic rings. The SMILES string of the molecule is CC1=CCN(C(c2cc(Br)cs2)C(C)N)CC1. The van der Waals surface area contributed by atoms with Crippen molar-refractivity contribution < 1.29 is 0 Å². The highest BCUT2D eigenvalue weighted by Crippen LogP contribution is 2.32. The maximum Gasteiger partial charge on any atom is 0.0593 e. The molecular formula is C13H19BrN2S. The monoisotopic (exact) mass is 314 g/mol. The van der Waals surface area contributed by atoms with Gasteiger partial charge in [-0.2, -0.15) is 0 Å². The Bertz CT molecular complexity index is 411. The number of nitrogens with zero attached hydrogens (tertiary/aromatic N) is 1. The topological polar surface area (TPSA) is 29.3 Å². The van der Waals surface area contributed by atoms with Crippen LogP contribution in [-0.4, -0.2) is 24.0 Å². The van der Waals surface area contributed by atoms with Gasteiger partial charge in [0.2, 0.25) is 0 Å².